The van der Waals surface area contributed by atoms with Crippen LogP contribution in [0.1, 0.15) is 38.5 Å². The first-order valence-corrected chi connectivity index (χ1v) is 10.8. The minimum absolute atomic E-state index is 0.192. The molecule has 0 bridgehead atoms. The van der Waals surface area contributed by atoms with E-state index in [9.17, 15) is 4.79 Å². The molecule has 3 heterocycles. The molecule has 1 saturated heterocycles. The molecule has 28 heavy (non-hydrogen) atoms. The van der Waals surface area contributed by atoms with Crippen molar-refractivity contribution >= 4 is 34.5 Å². The Morgan fingerprint density at radius 2 is 2.00 bits per heavy atom. The molecule has 2 aliphatic heterocycles. The van der Waals surface area contributed by atoms with Gasteiger partial charge in [-0.1, -0.05) is 18.2 Å². The van der Waals surface area contributed by atoms with Crippen molar-refractivity contribution in [2.45, 2.75) is 51.1 Å². The first-order chi connectivity index (χ1) is 13.3. The molecule has 4 rings (SSSR count). The van der Waals surface area contributed by atoms with Crippen molar-refractivity contribution in [1.82, 2.24) is 4.90 Å². The Morgan fingerprint density at radius 3 is 2.71 bits per heavy atom. The Morgan fingerprint density at radius 1 is 1.21 bits per heavy atom. The van der Waals surface area contributed by atoms with Crippen molar-refractivity contribution in [3.05, 3.63) is 46.7 Å². The van der Waals surface area contributed by atoms with Crippen LogP contribution in [0.5, 0.6) is 0 Å². The van der Waals surface area contributed by atoms with Crippen LogP contribution in [0.3, 0.4) is 0 Å². The molecule has 1 amide bonds. The number of fused-ring (bicyclic) bond motifs is 1. The topological polar surface area (TPSA) is 56.7 Å². The van der Waals surface area contributed by atoms with E-state index in [1.165, 1.54) is 0 Å². The first kappa shape index (κ1) is 19.0. The van der Waals surface area contributed by atoms with Gasteiger partial charge in [-0.05, 0) is 57.2 Å². The smallest absolute Gasteiger partial charge is 0.227 e. The monoisotopic (exact) mass is 396 g/mol. The maximum Gasteiger partial charge on any atom is 0.227 e. The van der Waals surface area contributed by atoms with Crippen molar-refractivity contribution < 1.29 is 4.79 Å². The second-order valence-electron chi connectivity index (χ2n) is 8.68. The number of piperidine rings is 1. The molecule has 148 valence electrons. The summed E-state index contributed by atoms with van der Waals surface area (Å²) in [6.07, 6.45) is 2.38. The van der Waals surface area contributed by atoms with Gasteiger partial charge in [0.25, 0.3) is 0 Å². The molecule has 1 aromatic heterocycles. The van der Waals surface area contributed by atoms with Crippen LogP contribution in [0.2, 0.25) is 0 Å². The van der Waals surface area contributed by atoms with Crippen molar-refractivity contribution in [2.24, 2.45) is 4.99 Å². The number of carbonyl (C=O) groups excluding carboxylic acids is 1. The van der Waals surface area contributed by atoms with Gasteiger partial charge in [0.1, 0.15) is 11.4 Å². The van der Waals surface area contributed by atoms with Crippen LogP contribution < -0.4 is 10.6 Å². The number of anilines is 2. The van der Waals surface area contributed by atoms with Crippen LogP contribution in [0.15, 0.2) is 46.8 Å². The zero-order valence-electron chi connectivity index (χ0n) is 16.8. The maximum absolute atomic E-state index is 13.0. The highest BCUT2D eigenvalue weighted by Gasteiger charge is 2.45. The number of thiophene rings is 1. The minimum Gasteiger partial charge on any atom is -0.370 e. The first-order valence-electron chi connectivity index (χ1n) is 9.89. The third kappa shape index (κ3) is 3.92. The number of nitrogens with zero attached hydrogens (tertiary/aromatic N) is 2. The Hall–Kier alpha value is -2.34. The lowest BCUT2D eigenvalue weighted by atomic mass is 9.84. The quantitative estimate of drug-likeness (QED) is 0.792. The van der Waals surface area contributed by atoms with Gasteiger partial charge in [-0.3, -0.25) is 9.79 Å². The number of hydrogen-bond donors (Lipinski definition) is 2. The molecule has 2 N–H and O–H groups in total. The molecule has 1 atom stereocenters. The Kier molecular flexibility index (Phi) is 4.91. The number of hydrogen-bond acceptors (Lipinski definition) is 4. The predicted molar refractivity (Wildman–Crippen MR) is 117 cm³/mol. The highest BCUT2D eigenvalue weighted by molar-refractivity contribution is 7.10. The average Bonchev–Trinajstić information content (AvgIpc) is 3.14. The zero-order chi connectivity index (χ0) is 19.8. The number of rotatable bonds is 2. The fourth-order valence-electron chi connectivity index (χ4n) is 3.97. The van der Waals surface area contributed by atoms with Crippen molar-refractivity contribution in [3.8, 4) is 0 Å². The van der Waals surface area contributed by atoms with E-state index >= 15 is 0 Å². The van der Waals surface area contributed by atoms with Crippen molar-refractivity contribution in [2.75, 3.05) is 23.7 Å². The molecule has 1 aromatic carbocycles. The average molecular weight is 397 g/mol. The van der Waals surface area contributed by atoms with Gasteiger partial charge in [0.05, 0.1) is 29.9 Å². The number of nitrogens with one attached hydrogen (secondary N) is 2. The van der Waals surface area contributed by atoms with Gasteiger partial charge in [-0.2, -0.15) is 0 Å². The SMILES string of the molecule is CC(C)(C)N=C1Nc2ccccc2N[C@]12CCCN(C(=O)Cc1cccs1)C2. The number of amides is 1. The van der Waals surface area contributed by atoms with E-state index in [1.54, 1.807) is 11.3 Å². The molecule has 2 aliphatic rings. The number of aliphatic imine (C=N–C) groups is 1. The highest BCUT2D eigenvalue weighted by Crippen LogP contribution is 2.37. The zero-order valence-corrected chi connectivity index (χ0v) is 17.6. The summed E-state index contributed by atoms with van der Waals surface area (Å²) in [6.45, 7) is 7.76. The molecule has 0 radical (unpaired) electrons. The summed E-state index contributed by atoms with van der Waals surface area (Å²) in [5.41, 5.74) is 1.54. The molecular weight excluding hydrogens is 368 g/mol. The fourth-order valence-corrected chi connectivity index (χ4v) is 4.67. The molecule has 0 aliphatic carbocycles. The fraction of sp³-hybridized carbons (Fsp3) is 0.455. The van der Waals surface area contributed by atoms with Crippen LogP contribution in [0.25, 0.3) is 0 Å². The van der Waals surface area contributed by atoms with Gasteiger partial charge in [-0.15, -0.1) is 11.3 Å². The Bertz CT molecular complexity index is 884. The van der Waals surface area contributed by atoms with Crippen molar-refractivity contribution in [1.29, 1.82) is 0 Å². The third-order valence-corrected chi connectivity index (χ3v) is 6.08. The summed E-state index contributed by atoms with van der Waals surface area (Å²) >= 11 is 1.64. The van der Waals surface area contributed by atoms with Gasteiger partial charge in [0, 0.05) is 11.4 Å². The molecule has 0 unspecified atom stereocenters. The van der Waals surface area contributed by atoms with Crippen LogP contribution in [0, 0.1) is 0 Å². The van der Waals surface area contributed by atoms with Gasteiger partial charge in [0.2, 0.25) is 5.91 Å². The number of benzene rings is 1. The summed E-state index contributed by atoms with van der Waals surface area (Å²) in [4.78, 5) is 21.1. The summed E-state index contributed by atoms with van der Waals surface area (Å²) in [5, 5.41) is 9.34. The third-order valence-electron chi connectivity index (χ3n) is 5.21. The van der Waals surface area contributed by atoms with E-state index in [4.69, 9.17) is 4.99 Å². The summed E-state index contributed by atoms with van der Waals surface area (Å²) in [6, 6.07) is 12.3. The van der Waals surface area contributed by atoms with E-state index in [1.807, 2.05) is 34.5 Å². The number of carbonyl (C=O) groups is 1. The maximum atomic E-state index is 13.0. The lowest BCUT2D eigenvalue weighted by Crippen LogP contribution is -2.63. The summed E-state index contributed by atoms with van der Waals surface area (Å²) in [5.74, 6) is 1.13. The lowest BCUT2D eigenvalue weighted by molar-refractivity contribution is -0.131. The van der Waals surface area contributed by atoms with E-state index in [-0.39, 0.29) is 17.0 Å². The van der Waals surface area contributed by atoms with Crippen molar-refractivity contribution in [3.63, 3.8) is 0 Å². The lowest BCUT2D eigenvalue weighted by Gasteiger charge is -2.48. The molecule has 1 fully saturated rings. The van der Waals surface area contributed by atoms with Gasteiger partial charge >= 0.3 is 0 Å². The van der Waals surface area contributed by atoms with Gasteiger partial charge in [0.15, 0.2) is 0 Å². The standard InChI is InChI=1S/C22H28N4OS/c1-21(2,3)25-20-22(24-18-10-5-4-9-17(18)23-20)11-7-12-26(15-22)19(27)14-16-8-6-13-28-16/h4-6,8-10,13,24H,7,11-12,14-15H2,1-3H3,(H,23,25)/t22-/m0/s1. The second kappa shape index (κ2) is 7.24. The molecule has 5 nitrogen and oxygen atoms in total. The van der Waals surface area contributed by atoms with Crippen LogP contribution in [-0.2, 0) is 11.2 Å². The van der Waals surface area contributed by atoms with E-state index in [0.29, 0.717) is 13.0 Å². The molecular formula is C22H28N4OS. The van der Waals surface area contributed by atoms with E-state index in [0.717, 1.165) is 41.5 Å². The molecule has 6 heteroatoms. The van der Waals surface area contributed by atoms with Crippen LogP contribution in [0.4, 0.5) is 11.4 Å². The van der Waals surface area contributed by atoms with E-state index < -0.39 is 0 Å². The second-order valence-corrected chi connectivity index (χ2v) is 9.72. The minimum atomic E-state index is -0.370. The Labute approximate surface area is 170 Å². The number of para-hydroxylation sites is 2. The molecule has 1 spiro atoms. The van der Waals surface area contributed by atoms with Crippen LogP contribution >= 0.6 is 11.3 Å². The van der Waals surface area contributed by atoms with Gasteiger partial charge < -0.3 is 15.5 Å². The highest BCUT2D eigenvalue weighted by atomic mass is 32.1. The normalized spacial score (nSPS) is 23.2. The number of likely N-dealkylation sites (tertiary alicyclic amines) is 1. The number of amidine groups is 1. The van der Waals surface area contributed by atoms with E-state index in [2.05, 4.69) is 43.5 Å². The Balaban J connectivity index is 1.64. The summed E-state index contributed by atoms with van der Waals surface area (Å²) in [7, 11) is 0. The molecule has 0 saturated carbocycles. The molecule has 2 aromatic rings. The summed E-state index contributed by atoms with van der Waals surface area (Å²) < 4.78 is 0. The predicted octanol–water partition coefficient (Wildman–Crippen LogP) is 4.39. The van der Waals surface area contributed by atoms with Gasteiger partial charge in [-0.25, -0.2) is 0 Å². The largest absolute Gasteiger partial charge is 0.370 e. The van der Waals surface area contributed by atoms with Crippen LogP contribution in [-0.4, -0.2) is 40.8 Å².